The number of anilines is 3. The molecule has 0 bridgehead atoms. The molecule has 9 heteroatoms. The van der Waals surface area contributed by atoms with Crippen LogP contribution in [-0.2, 0) is 9.84 Å². The zero-order valence-electron chi connectivity index (χ0n) is 15.3. The van der Waals surface area contributed by atoms with Crippen LogP contribution >= 0.6 is 0 Å². The number of nitrogens with zero attached hydrogens (tertiary/aromatic N) is 3. The van der Waals surface area contributed by atoms with E-state index in [2.05, 4.69) is 15.3 Å². The van der Waals surface area contributed by atoms with Crippen molar-refractivity contribution in [1.29, 1.82) is 0 Å². The number of hydrogen-bond acceptors (Lipinski definition) is 8. The van der Waals surface area contributed by atoms with E-state index in [0.29, 0.717) is 30.4 Å². The number of hydrogen-bond donors (Lipinski definition) is 1. The van der Waals surface area contributed by atoms with E-state index in [-0.39, 0.29) is 24.3 Å². The van der Waals surface area contributed by atoms with Crippen molar-refractivity contribution < 1.29 is 17.9 Å². The second-order valence-corrected chi connectivity index (χ2v) is 8.96. The molecule has 2 aromatic rings. The first kappa shape index (κ1) is 17.8. The lowest BCUT2D eigenvalue weighted by molar-refractivity contribution is 0.174. The summed E-state index contributed by atoms with van der Waals surface area (Å²) < 4.78 is 34.5. The normalized spacial score (nSPS) is 19.9. The number of fused-ring (bicyclic) bond motifs is 1. The second-order valence-electron chi connectivity index (χ2n) is 6.73. The summed E-state index contributed by atoms with van der Waals surface area (Å²) in [6.07, 6.45) is 0.629. The van der Waals surface area contributed by atoms with Crippen LogP contribution in [0.3, 0.4) is 0 Å². The highest BCUT2D eigenvalue weighted by molar-refractivity contribution is 7.91. The SMILES string of the molecule is CCN(c1cc(C)nc(Nc2ccc3c(c2)OCO3)n1)C1CCS(=O)(=O)C1. The number of aromatic nitrogens is 2. The average molecular weight is 390 g/mol. The van der Waals surface area contributed by atoms with Gasteiger partial charge in [0.15, 0.2) is 21.3 Å². The molecule has 3 heterocycles. The Morgan fingerprint density at radius 2 is 2.04 bits per heavy atom. The number of rotatable bonds is 5. The fourth-order valence-corrected chi connectivity index (χ4v) is 5.22. The molecule has 0 spiro atoms. The predicted molar refractivity (Wildman–Crippen MR) is 103 cm³/mol. The highest BCUT2D eigenvalue weighted by Gasteiger charge is 2.32. The number of benzene rings is 1. The van der Waals surface area contributed by atoms with Crippen molar-refractivity contribution in [2.24, 2.45) is 0 Å². The lowest BCUT2D eigenvalue weighted by Gasteiger charge is -2.28. The van der Waals surface area contributed by atoms with Gasteiger partial charge in [0.25, 0.3) is 0 Å². The third kappa shape index (κ3) is 3.78. The summed E-state index contributed by atoms with van der Waals surface area (Å²) in [6, 6.07) is 7.39. The van der Waals surface area contributed by atoms with E-state index < -0.39 is 9.84 Å². The molecule has 0 saturated carbocycles. The molecule has 1 N–H and O–H groups in total. The van der Waals surface area contributed by atoms with Crippen LogP contribution in [0.2, 0.25) is 0 Å². The van der Waals surface area contributed by atoms with Gasteiger partial charge in [-0.3, -0.25) is 0 Å². The monoisotopic (exact) mass is 390 g/mol. The molecule has 4 rings (SSSR count). The summed E-state index contributed by atoms with van der Waals surface area (Å²) in [6.45, 7) is 4.81. The summed E-state index contributed by atoms with van der Waals surface area (Å²) in [5.74, 6) is 3.00. The lowest BCUT2D eigenvalue weighted by Crippen LogP contribution is -2.36. The first-order valence-corrected chi connectivity index (χ1v) is 10.7. The number of sulfone groups is 1. The smallest absolute Gasteiger partial charge is 0.231 e. The van der Waals surface area contributed by atoms with E-state index in [0.717, 1.165) is 17.2 Å². The third-order valence-corrected chi connectivity index (χ3v) is 6.50. The predicted octanol–water partition coefficient (Wildman–Crippen LogP) is 2.27. The molecular weight excluding hydrogens is 368 g/mol. The fraction of sp³-hybridized carbons (Fsp3) is 0.444. The Bertz CT molecular complexity index is 964. The van der Waals surface area contributed by atoms with Crippen molar-refractivity contribution in [1.82, 2.24) is 9.97 Å². The van der Waals surface area contributed by atoms with E-state index >= 15 is 0 Å². The van der Waals surface area contributed by atoms with Gasteiger partial charge in [-0.05, 0) is 32.4 Å². The van der Waals surface area contributed by atoms with Crippen LogP contribution in [0.25, 0.3) is 0 Å². The number of nitrogens with one attached hydrogen (secondary N) is 1. The van der Waals surface area contributed by atoms with Crippen LogP contribution in [-0.4, -0.2) is 49.3 Å². The Balaban J connectivity index is 1.59. The Labute approximate surface area is 158 Å². The minimum atomic E-state index is -2.96. The summed E-state index contributed by atoms with van der Waals surface area (Å²) >= 11 is 0. The van der Waals surface area contributed by atoms with E-state index in [1.807, 2.05) is 43.0 Å². The first-order valence-electron chi connectivity index (χ1n) is 8.93. The molecule has 8 nitrogen and oxygen atoms in total. The maximum atomic E-state index is 11.9. The van der Waals surface area contributed by atoms with E-state index in [1.165, 1.54) is 0 Å². The van der Waals surface area contributed by atoms with Crippen LogP contribution in [0, 0.1) is 6.92 Å². The van der Waals surface area contributed by atoms with Crippen LogP contribution < -0.4 is 19.7 Å². The molecule has 1 unspecified atom stereocenters. The second kappa shape index (κ2) is 6.88. The Morgan fingerprint density at radius 3 is 2.78 bits per heavy atom. The van der Waals surface area contributed by atoms with E-state index in [4.69, 9.17) is 9.47 Å². The molecular formula is C18H22N4O4S. The molecule has 1 atom stereocenters. The van der Waals surface area contributed by atoms with Crippen LogP contribution in [0.5, 0.6) is 11.5 Å². The van der Waals surface area contributed by atoms with Gasteiger partial charge in [0, 0.05) is 36.1 Å². The molecule has 1 saturated heterocycles. The molecule has 0 amide bonds. The lowest BCUT2D eigenvalue weighted by atomic mass is 10.2. The Morgan fingerprint density at radius 1 is 1.22 bits per heavy atom. The van der Waals surface area contributed by atoms with Crippen molar-refractivity contribution in [3.8, 4) is 11.5 Å². The van der Waals surface area contributed by atoms with Gasteiger partial charge in [0.05, 0.1) is 11.5 Å². The molecule has 2 aliphatic rings. The Kier molecular flexibility index (Phi) is 4.55. The summed E-state index contributed by atoms with van der Waals surface area (Å²) in [7, 11) is -2.96. The standard InChI is InChI=1S/C18H22N4O4S/c1-3-22(14-6-7-27(23,24)10-14)17-8-12(2)19-18(21-17)20-13-4-5-15-16(9-13)26-11-25-15/h4-5,8-9,14H,3,6-7,10-11H2,1-2H3,(H,19,20,21). The largest absolute Gasteiger partial charge is 0.454 e. The molecule has 2 aliphatic heterocycles. The minimum Gasteiger partial charge on any atom is -0.454 e. The minimum absolute atomic E-state index is 0.0484. The average Bonchev–Trinajstić information content (AvgIpc) is 3.21. The van der Waals surface area contributed by atoms with Gasteiger partial charge in [-0.25, -0.2) is 13.4 Å². The van der Waals surface area contributed by atoms with Crippen molar-refractivity contribution >= 4 is 27.3 Å². The third-order valence-electron chi connectivity index (χ3n) is 4.75. The molecule has 0 radical (unpaired) electrons. The molecule has 27 heavy (non-hydrogen) atoms. The maximum Gasteiger partial charge on any atom is 0.231 e. The molecule has 1 aromatic heterocycles. The zero-order chi connectivity index (χ0) is 19.0. The Hall–Kier alpha value is -2.55. The van der Waals surface area contributed by atoms with Gasteiger partial charge >= 0.3 is 0 Å². The molecule has 0 aliphatic carbocycles. The van der Waals surface area contributed by atoms with Crippen LogP contribution in [0.15, 0.2) is 24.3 Å². The topological polar surface area (TPSA) is 93.7 Å². The summed E-state index contributed by atoms with van der Waals surface area (Å²) in [5.41, 5.74) is 1.60. The van der Waals surface area contributed by atoms with Gasteiger partial charge in [0.2, 0.25) is 12.7 Å². The molecule has 1 fully saturated rings. The van der Waals surface area contributed by atoms with Gasteiger partial charge in [0.1, 0.15) is 5.82 Å². The first-order chi connectivity index (χ1) is 12.9. The fourth-order valence-electron chi connectivity index (χ4n) is 3.49. The van der Waals surface area contributed by atoms with Crippen molar-refractivity contribution in [2.45, 2.75) is 26.3 Å². The number of ether oxygens (including phenoxy) is 2. The van der Waals surface area contributed by atoms with Gasteiger partial charge < -0.3 is 19.7 Å². The highest BCUT2D eigenvalue weighted by atomic mass is 32.2. The molecule has 144 valence electrons. The number of aryl methyl sites for hydroxylation is 1. The maximum absolute atomic E-state index is 11.9. The highest BCUT2D eigenvalue weighted by Crippen LogP contribution is 2.35. The van der Waals surface area contributed by atoms with Gasteiger partial charge in [-0.1, -0.05) is 0 Å². The zero-order valence-corrected chi connectivity index (χ0v) is 16.1. The van der Waals surface area contributed by atoms with Crippen molar-refractivity contribution in [2.75, 3.05) is 35.1 Å². The van der Waals surface area contributed by atoms with Crippen molar-refractivity contribution in [3.05, 3.63) is 30.0 Å². The van der Waals surface area contributed by atoms with E-state index in [9.17, 15) is 8.42 Å². The summed E-state index contributed by atoms with van der Waals surface area (Å²) in [4.78, 5) is 11.1. The van der Waals surface area contributed by atoms with Crippen LogP contribution in [0.1, 0.15) is 19.0 Å². The van der Waals surface area contributed by atoms with Gasteiger partial charge in [-0.15, -0.1) is 0 Å². The summed E-state index contributed by atoms with van der Waals surface area (Å²) in [5, 5.41) is 3.20. The molecule has 1 aromatic carbocycles. The van der Waals surface area contributed by atoms with Gasteiger partial charge in [-0.2, -0.15) is 4.98 Å². The van der Waals surface area contributed by atoms with Crippen LogP contribution in [0.4, 0.5) is 17.5 Å². The van der Waals surface area contributed by atoms with Crippen molar-refractivity contribution in [3.63, 3.8) is 0 Å². The quantitative estimate of drug-likeness (QED) is 0.831. The van der Waals surface area contributed by atoms with E-state index in [1.54, 1.807) is 0 Å².